The number of hydrogen-bond donors (Lipinski definition) is 0. The first kappa shape index (κ1) is 18.6. The van der Waals surface area contributed by atoms with Gasteiger partial charge in [0, 0.05) is 17.5 Å². The van der Waals surface area contributed by atoms with E-state index in [0.29, 0.717) is 12.0 Å². The van der Waals surface area contributed by atoms with Gasteiger partial charge in [0.15, 0.2) is 5.79 Å². The topological polar surface area (TPSA) is 49.2 Å². The highest BCUT2D eigenvalue weighted by molar-refractivity contribution is 5.78. The van der Waals surface area contributed by atoms with Crippen molar-refractivity contribution in [3.63, 3.8) is 0 Å². The monoisotopic (exact) mass is 399 g/mol. The number of ether oxygens (including phenoxy) is 2. The minimum Gasteiger partial charge on any atom is -0.344 e. The van der Waals surface area contributed by atoms with Crippen LogP contribution in [0.5, 0.6) is 0 Å². The molecule has 1 aromatic carbocycles. The number of fused-ring (bicyclic) bond motifs is 2. The molecule has 0 radical (unpaired) electrons. The molecule has 5 atom stereocenters. The molecule has 3 heterocycles. The van der Waals surface area contributed by atoms with Gasteiger partial charge in [-0.25, -0.2) is 18.7 Å². The number of alkyl halides is 1. The van der Waals surface area contributed by atoms with Crippen LogP contribution in [-0.4, -0.2) is 32.5 Å². The van der Waals surface area contributed by atoms with E-state index in [-0.39, 0.29) is 18.0 Å². The summed E-state index contributed by atoms with van der Waals surface area (Å²) in [5.41, 5.74) is 2.17. The summed E-state index contributed by atoms with van der Waals surface area (Å²) in [5.74, 6) is -1.57. The van der Waals surface area contributed by atoms with Gasteiger partial charge in [0.25, 0.3) is 0 Å². The van der Waals surface area contributed by atoms with Crippen LogP contribution in [0.2, 0.25) is 0 Å². The summed E-state index contributed by atoms with van der Waals surface area (Å²) in [6.45, 7) is 5.65. The van der Waals surface area contributed by atoms with Gasteiger partial charge in [-0.2, -0.15) is 0 Å². The SMILES string of the molecule is Cc1ncnc2c1ccn2[C@@H]1C[C@H](C(F)c2ccc(F)cc2)[C@H]2OC(C)(C)O[C@H]21. The molecule has 5 rings (SSSR count). The van der Waals surface area contributed by atoms with Gasteiger partial charge in [0.2, 0.25) is 0 Å². The maximum absolute atomic E-state index is 15.6. The largest absolute Gasteiger partial charge is 0.344 e. The summed E-state index contributed by atoms with van der Waals surface area (Å²) in [6, 6.07) is 7.47. The van der Waals surface area contributed by atoms with Crippen molar-refractivity contribution >= 4 is 11.0 Å². The first-order valence-electron chi connectivity index (χ1n) is 9.87. The minimum atomic E-state index is -1.27. The molecule has 1 saturated carbocycles. The van der Waals surface area contributed by atoms with E-state index in [1.807, 2.05) is 33.0 Å². The Morgan fingerprint density at radius 1 is 1.10 bits per heavy atom. The van der Waals surface area contributed by atoms with Gasteiger partial charge >= 0.3 is 0 Å². The van der Waals surface area contributed by atoms with Crippen molar-refractivity contribution < 1.29 is 18.3 Å². The Balaban J connectivity index is 1.53. The Kier molecular flexibility index (Phi) is 4.22. The van der Waals surface area contributed by atoms with Gasteiger partial charge in [-0.15, -0.1) is 0 Å². The fourth-order valence-electron chi connectivity index (χ4n) is 4.81. The highest BCUT2D eigenvalue weighted by Crippen LogP contribution is 2.52. The summed E-state index contributed by atoms with van der Waals surface area (Å²) in [5, 5.41) is 0.973. The molecule has 5 nitrogen and oxygen atoms in total. The van der Waals surface area contributed by atoms with Crippen molar-refractivity contribution in [1.29, 1.82) is 0 Å². The third-order valence-electron chi connectivity index (χ3n) is 6.11. The predicted molar refractivity (Wildman–Crippen MR) is 103 cm³/mol. The lowest BCUT2D eigenvalue weighted by Gasteiger charge is -2.26. The fourth-order valence-corrected chi connectivity index (χ4v) is 4.81. The molecule has 2 aromatic heterocycles. The van der Waals surface area contributed by atoms with Crippen molar-refractivity contribution in [2.45, 2.75) is 57.4 Å². The van der Waals surface area contributed by atoms with Gasteiger partial charge in [0.05, 0.1) is 17.8 Å². The second-order valence-electron chi connectivity index (χ2n) is 8.40. The summed E-state index contributed by atoms with van der Waals surface area (Å²) in [4.78, 5) is 8.71. The van der Waals surface area contributed by atoms with Crippen molar-refractivity contribution in [2.75, 3.05) is 0 Å². The second-order valence-corrected chi connectivity index (χ2v) is 8.40. The van der Waals surface area contributed by atoms with Gasteiger partial charge in [0.1, 0.15) is 30.1 Å². The van der Waals surface area contributed by atoms with Crippen LogP contribution in [0.15, 0.2) is 42.9 Å². The van der Waals surface area contributed by atoms with Crippen LogP contribution in [0.25, 0.3) is 11.0 Å². The zero-order valence-corrected chi connectivity index (χ0v) is 16.5. The van der Waals surface area contributed by atoms with Crippen LogP contribution in [-0.2, 0) is 9.47 Å². The third kappa shape index (κ3) is 3.04. The zero-order chi connectivity index (χ0) is 20.3. The van der Waals surface area contributed by atoms with E-state index in [1.54, 1.807) is 6.33 Å². The van der Waals surface area contributed by atoms with Crippen LogP contribution >= 0.6 is 0 Å². The average molecular weight is 399 g/mol. The van der Waals surface area contributed by atoms with Gasteiger partial charge in [-0.1, -0.05) is 12.1 Å². The first-order valence-corrected chi connectivity index (χ1v) is 9.87. The van der Waals surface area contributed by atoms with E-state index < -0.39 is 24.0 Å². The number of rotatable bonds is 3. The maximum atomic E-state index is 15.6. The molecule has 0 amide bonds. The summed E-state index contributed by atoms with van der Waals surface area (Å²) >= 11 is 0. The lowest BCUT2D eigenvalue weighted by atomic mass is 9.93. The number of benzene rings is 1. The number of nitrogens with zero attached hydrogens (tertiary/aromatic N) is 3. The van der Waals surface area contributed by atoms with Crippen molar-refractivity contribution in [3.8, 4) is 0 Å². The van der Waals surface area contributed by atoms with Crippen LogP contribution < -0.4 is 0 Å². The molecular weight excluding hydrogens is 376 g/mol. The number of halogens is 2. The third-order valence-corrected chi connectivity index (χ3v) is 6.11. The van der Waals surface area contributed by atoms with E-state index in [2.05, 4.69) is 14.5 Å². The lowest BCUT2D eigenvalue weighted by Crippen LogP contribution is -2.28. The Morgan fingerprint density at radius 3 is 2.59 bits per heavy atom. The molecule has 1 aliphatic heterocycles. The van der Waals surface area contributed by atoms with Crippen molar-refractivity contribution in [2.24, 2.45) is 5.92 Å². The summed E-state index contributed by atoms with van der Waals surface area (Å²) < 4.78 is 43.3. The Hall–Kier alpha value is -2.38. The van der Waals surface area contributed by atoms with E-state index >= 15 is 4.39 Å². The molecular formula is C22H23F2N3O2. The summed E-state index contributed by atoms with van der Waals surface area (Å²) in [6.07, 6.45) is 2.09. The Morgan fingerprint density at radius 2 is 1.83 bits per heavy atom. The maximum Gasteiger partial charge on any atom is 0.163 e. The smallest absolute Gasteiger partial charge is 0.163 e. The van der Waals surface area contributed by atoms with Crippen LogP contribution in [0.3, 0.4) is 0 Å². The standard InChI is InChI=1S/C22H23F2N3O2/c1-12-15-8-9-27(21(15)26-11-25-12)17-10-16(19-20(17)29-22(2,3)28-19)18(24)13-4-6-14(23)7-5-13/h4-9,11,16-20H,10H2,1-3H3/t16-,17-,18?,19-,20+/m1/s1. The van der Waals surface area contributed by atoms with Crippen LogP contribution in [0.1, 0.15) is 43.7 Å². The van der Waals surface area contributed by atoms with Crippen molar-refractivity contribution in [1.82, 2.24) is 14.5 Å². The molecule has 0 N–H and O–H groups in total. The van der Waals surface area contributed by atoms with Gasteiger partial charge in [-0.05, 0) is 51.0 Å². The molecule has 2 fully saturated rings. The van der Waals surface area contributed by atoms with Gasteiger partial charge < -0.3 is 14.0 Å². The summed E-state index contributed by atoms with van der Waals surface area (Å²) in [7, 11) is 0. The Labute approximate surface area is 167 Å². The van der Waals surface area contributed by atoms with E-state index in [9.17, 15) is 4.39 Å². The number of aromatic nitrogens is 3. The molecule has 3 aromatic rings. The van der Waals surface area contributed by atoms with E-state index in [1.165, 1.54) is 24.3 Å². The fraction of sp³-hybridized carbons (Fsp3) is 0.455. The first-order chi connectivity index (χ1) is 13.8. The number of aryl methyl sites for hydroxylation is 1. The van der Waals surface area contributed by atoms with Crippen LogP contribution in [0, 0.1) is 18.7 Å². The molecule has 2 aliphatic rings. The lowest BCUT2D eigenvalue weighted by molar-refractivity contribution is -0.163. The van der Waals surface area contributed by atoms with Gasteiger partial charge in [-0.3, -0.25) is 0 Å². The molecule has 7 heteroatoms. The molecule has 0 spiro atoms. The van der Waals surface area contributed by atoms with Crippen LogP contribution in [0.4, 0.5) is 8.78 Å². The molecule has 1 unspecified atom stereocenters. The highest BCUT2D eigenvalue weighted by atomic mass is 19.1. The van der Waals surface area contributed by atoms with E-state index in [0.717, 1.165) is 16.7 Å². The molecule has 1 saturated heterocycles. The highest BCUT2D eigenvalue weighted by Gasteiger charge is 2.57. The quantitative estimate of drug-likeness (QED) is 0.642. The molecule has 1 aliphatic carbocycles. The zero-order valence-electron chi connectivity index (χ0n) is 16.5. The molecule has 0 bridgehead atoms. The van der Waals surface area contributed by atoms with E-state index in [4.69, 9.17) is 9.47 Å². The van der Waals surface area contributed by atoms with Crippen molar-refractivity contribution in [3.05, 3.63) is 59.9 Å². The molecule has 152 valence electrons. The normalized spacial score (nSPS) is 29.3. The second kappa shape index (κ2) is 6.57. The Bertz CT molecular complexity index is 1050. The number of hydrogen-bond acceptors (Lipinski definition) is 4. The predicted octanol–water partition coefficient (Wildman–Crippen LogP) is 4.67. The minimum absolute atomic E-state index is 0.114. The molecule has 29 heavy (non-hydrogen) atoms. The average Bonchev–Trinajstić information content (AvgIpc) is 3.33.